The molecule has 57 heavy (non-hydrogen) atoms. The van der Waals surface area contributed by atoms with Crippen molar-refractivity contribution in [1.29, 1.82) is 0 Å². The Morgan fingerprint density at radius 3 is 1.39 bits per heavy atom. The van der Waals surface area contributed by atoms with Crippen molar-refractivity contribution in [3.63, 3.8) is 0 Å². The molecule has 0 saturated heterocycles. The van der Waals surface area contributed by atoms with Crippen LogP contribution in [0.3, 0.4) is 0 Å². The van der Waals surface area contributed by atoms with Gasteiger partial charge < -0.3 is 0 Å². The van der Waals surface area contributed by atoms with E-state index in [1.165, 1.54) is 33.0 Å². The predicted molar refractivity (Wildman–Crippen MR) is 217 cm³/mol. The Hall–Kier alpha value is -2.85. The van der Waals surface area contributed by atoms with E-state index in [2.05, 4.69) is 95.4 Å². The van der Waals surface area contributed by atoms with E-state index in [1.807, 2.05) is 19.1 Å². The normalized spacial score (nSPS) is 12.1. The number of alkyl halides is 9. The molecule has 0 amide bonds. The van der Waals surface area contributed by atoms with Gasteiger partial charge in [-0.1, -0.05) is 120 Å². The second-order valence-corrected chi connectivity index (χ2v) is 18.7. The van der Waals surface area contributed by atoms with Crippen LogP contribution in [0, 0.1) is 0 Å². The molecule has 0 aromatic heterocycles. The molecule has 0 spiro atoms. The molecule has 0 heterocycles. The number of halogens is 11. The van der Waals surface area contributed by atoms with E-state index in [0.717, 1.165) is 32.6 Å². The number of benzene rings is 4. The first kappa shape index (κ1) is 48.5. The van der Waals surface area contributed by atoms with Crippen LogP contribution in [-0.2, 0) is 32.7 Å². The molecule has 0 saturated carbocycles. The minimum absolute atomic E-state index is 0.207. The molecular weight excluding hydrogens is 890 g/mol. The molecule has 0 atom stereocenters. The zero-order valence-corrected chi connectivity index (χ0v) is 37.4. The van der Waals surface area contributed by atoms with Crippen molar-refractivity contribution in [2.75, 3.05) is 0 Å². The van der Waals surface area contributed by atoms with E-state index in [4.69, 9.17) is 17.0 Å². The third-order valence-electron chi connectivity index (χ3n) is 9.45. The summed E-state index contributed by atoms with van der Waals surface area (Å²) in [6, 6.07) is 31.2. The summed E-state index contributed by atoms with van der Waals surface area (Å²) in [6.07, 6.45) is -19.2. The predicted octanol–water partition coefficient (Wildman–Crippen LogP) is 16.3. The maximum atomic E-state index is 13.3. The van der Waals surface area contributed by atoms with Crippen LogP contribution in [0.15, 0.2) is 109 Å². The second-order valence-electron chi connectivity index (χ2n) is 13.9. The number of hydrogen-bond donors (Lipinski definition) is 0. The van der Waals surface area contributed by atoms with Crippen molar-refractivity contribution >= 4 is 48.1 Å². The van der Waals surface area contributed by atoms with Gasteiger partial charge >= 0.3 is 56.4 Å². The zero-order valence-electron chi connectivity index (χ0n) is 32.4. The Morgan fingerprint density at radius 2 is 1.00 bits per heavy atom. The van der Waals surface area contributed by atoms with Crippen LogP contribution in [0.2, 0.25) is 13.1 Å². The van der Waals surface area contributed by atoms with Gasteiger partial charge in [0.2, 0.25) is 0 Å². The average molecular weight is 933 g/mol. The van der Waals surface area contributed by atoms with Gasteiger partial charge in [-0.2, -0.15) is 51.6 Å². The first-order valence-corrected chi connectivity index (χ1v) is 26.3. The Labute approximate surface area is 350 Å². The van der Waals surface area contributed by atoms with Gasteiger partial charge in [0.25, 0.3) is 5.41 Å². The molecule has 0 unspecified atom stereocenters. The molecule has 0 fully saturated rings. The summed E-state index contributed by atoms with van der Waals surface area (Å²) < 4.78 is 120. The van der Waals surface area contributed by atoms with Gasteiger partial charge in [-0.3, -0.25) is 0 Å². The first-order chi connectivity index (χ1) is 26.6. The summed E-state index contributed by atoms with van der Waals surface area (Å²) in [6.45, 7) is 15.2. The molecule has 6 aromatic rings. The van der Waals surface area contributed by atoms with Gasteiger partial charge in [0.1, 0.15) is 0 Å². The molecule has 0 aliphatic heterocycles. The molecule has 0 bridgehead atoms. The summed E-state index contributed by atoms with van der Waals surface area (Å²) in [7, 11) is 11.0. The van der Waals surface area contributed by atoms with Crippen molar-refractivity contribution in [3.05, 3.63) is 131 Å². The SMILES string of the molecule is CC(C)c1ccc(-c2cccc3[cH-]c(C(C)C)cc23)cc1.CCc1cc2c(-c3ccc(C(C(F)(F)F)(C(F)(F)F)C(F)(F)F)cc3)cccc2[cH-]1.C[Si]C.[Cl][Zr+2][Cl]. The molecule has 6 aromatic carbocycles. The van der Waals surface area contributed by atoms with Crippen LogP contribution in [0.25, 0.3) is 43.8 Å². The van der Waals surface area contributed by atoms with E-state index in [0.29, 0.717) is 29.2 Å². The first-order valence-electron chi connectivity index (χ1n) is 18.0. The topological polar surface area (TPSA) is 0 Å². The van der Waals surface area contributed by atoms with Crippen molar-refractivity contribution in [3.8, 4) is 22.3 Å². The fourth-order valence-corrected chi connectivity index (χ4v) is 6.52. The average Bonchev–Trinajstić information content (AvgIpc) is 3.76. The third kappa shape index (κ3) is 11.1. The van der Waals surface area contributed by atoms with Crippen molar-refractivity contribution in [1.82, 2.24) is 0 Å². The Balaban J connectivity index is 0.000000280. The zero-order chi connectivity index (χ0) is 42.9. The van der Waals surface area contributed by atoms with Crippen LogP contribution >= 0.6 is 17.0 Å². The minimum atomic E-state index is -6.63. The van der Waals surface area contributed by atoms with Gasteiger partial charge in [-0.05, 0) is 40.5 Å². The summed E-state index contributed by atoms with van der Waals surface area (Å²) in [5.74, 6) is 1.16. The fraction of sp³-hybridized carbons (Fsp3) is 0.318. The van der Waals surface area contributed by atoms with Gasteiger partial charge in [-0.15, -0.1) is 69.1 Å². The Morgan fingerprint density at radius 1 is 0.596 bits per heavy atom. The Bertz CT molecular complexity index is 2100. The van der Waals surface area contributed by atoms with E-state index in [9.17, 15) is 39.5 Å². The molecule has 0 nitrogen and oxygen atoms in total. The summed E-state index contributed by atoms with van der Waals surface area (Å²) in [5.41, 5.74) is -0.753. The van der Waals surface area contributed by atoms with E-state index >= 15 is 0 Å². The van der Waals surface area contributed by atoms with Crippen LogP contribution in [-0.4, -0.2) is 28.0 Å². The summed E-state index contributed by atoms with van der Waals surface area (Å²) in [4.78, 5) is 0. The van der Waals surface area contributed by atoms with E-state index in [1.54, 1.807) is 18.2 Å². The molecule has 0 aliphatic rings. The summed E-state index contributed by atoms with van der Waals surface area (Å²) >= 11 is -0.826. The standard InChI is InChI=1S/C21H14F9.C21H23.C2H6Si.2ClH.Zr/c1-2-12-10-14-4-3-5-16(17(14)11-12)13-6-8-15(9-7-13)18(19(22,23)24,20(25,26)27)21(28,29)30;1-14(2)16-8-10-17(11-9-16)20-7-5-6-18-12-19(15(3)4)13-21(18)20;1-3-2;;;/h3-11H,2H2,1H3;5-15H,1-4H3;1-2H3;2*1H;/q2*-1;;;;+4/p-2. The quantitative estimate of drug-likeness (QED) is 0.0887. The van der Waals surface area contributed by atoms with Crippen molar-refractivity contribution < 1.29 is 60.4 Å². The van der Waals surface area contributed by atoms with Crippen LogP contribution in [0.5, 0.6) is 0 Å². The number of rotatable bonds is 6. The van der Waals surface area contributed by atoms with Gasteiger partial charge in [0, 0.05) is 9.52 Å². The molecule has 13 heteroatoms. The van der Waals surface area contributed by atoms with Crippen molar-refractivity contribution in [2.45, 2.75) is 89.9 Å². The van der Waals surface area contributed by atoms with Gasteiger partial charge in [0.15, 0.2) is 0 Å². The van der Waals surface area contributed by atoms with Gasteiger partial charge in [-0.25, -0.2) is 0 Å². The molecule has 2 radical (unpaired) electrons. The van der Waals surface area contributed by atoms with E-state index in [-0.39, 0.29) is 17.7 Å². The third-order valence-corrected chi connectivity index (χ3v) is 9.45. The molecule has 0 N–H and O–H groups in total. The number of fused-ring (bicyclic) bond motifs is 2. The molecule has 6 rings (SSSR count). The van der Waals surface area contributed by atoms with Crippen LogP contribution in [0.1, 0.15) is 68.7 Å². The molecule has 304 valence electrons. The fourth-order valence-electron chi connectivity index (χ4n) is 6.52. The van der Waals surface area contributed by atoms with Crippen molar-refractivity contribution in [2.24, 2.45) is 0 Å². The number of hydrogen-bond acceptors (Lipinski definition) is 0. The summed E-state index contributed by atoms with van der Waals surface area (Å²) in [5, 5.41) is 4.24. The van der Waals surface area contributed by atoms with Gasteiger partial charge in [0.05, 0.1) is 0 Å². The monoisotopic (exact) mass is 930 g/mol. The molecule has 0 aliphatic carbocycles. The van der Waals surface area contributed by atoms with E-state index < -0.39 is 50.4 Å². The van der Waals surface area contributed by atoms with Crippen LogP contribution < -0.4 is 0 Å². The van der Waals surface area contributed by atoms with Crippen LogP contribution in [0.4, 0.5) is 39.5 Å². The maximum absolute atomic E-state index is 13.3. The number of aryl methyl sites for hydroxylation is 1. The Kier molecular flexibility index (Phi) is 17.4. The second kappa shape index (κ2) is 20.4. The molecular formula is C44H43Cl2F9SiZr.